The molecule has 2 aliphatic rings. The van der Waals surface area contributed by atoms with Crippen LogP contribution in [0.25, 0.3) is 11.1 Å². The molecule has 1 aliphatic carbocycles. The first-order valence-corrected chi connectivity index (χ1v) is 13.1. The number of H-pyrrole nitrogens is 1. The van der Waals surface area contributed by atoms with Gasteiger partial charge in [-0.2, -0.15) is 26.3 Å². The van der Waals surface area contributed by atoms with Crippen LogP contribution in [0.2, 0.25) is 0 Å². The van der Waals surface area contributed by atoms with Crippen LogP contribution in [0.15, 0.2) is 30.3 Å². The average Bonchev–Trinajstić information content (AvgIpc) is 3.37. The molecule has 1 amide bonds. The first-order valence-electron chi connectivity index (χ1n) is 12.3. The van der Waals surface area contributed by atoms with Crippen LogP contribution in [0.4, 0.5) is 26.3 Å². The molecule has 8 nitrogen and oxygen atoms in total. The Labute approximate surface area is 227 Å². The van der Waals surface area contributed by atoms with E-state index in [0.717, 1.165) is 37.0 Å². The highest BCUT2D eigenvalue weighted by Gasteiger charge is 2.61. The number of benzene rings is 1. The van der Waals surface area contributed by atoms with Crippen molar-refractivity contribution in [3.8, 4) is 11.5 Å². The van der Waals surface area contributed by atoms with Gasteiger partial charge in [-0.15, -0.1) is 16.4 Å². The molecule has 0 unspecified atom stereocenters. The van der Waals surface area contributed by atoms with Crippen LogP contribution in [0, 0.1) is 0 Å². The van der Waals surface area contributed by atoms with Gasteiger partial charge in [-0.3, -0.25) is 4.79 Å². The number of ether oxygens (including phenoxy) is 2. The Morgan fingerprint density at radius 1 is 1.12 bits per heavy atom. The molecule has 1 aliphatic heterocycles. The number of rotatable bonds is 9. The first-order chi connectivity index (χ1) is 18.9. The maximum Gasteiger partial charge on any atom is 0.416 e. The Morgan fingerprint density at radius 3 is 2.52 bits per heavy atom. The fourth-order valence-electron chi connectivity index (χ4n) is 4.68. The molecular weight excluding hydrogens is 564 g/mol. The van der Waals surface area contributed by atoms with Gasteiger partial charge < -0.3 is 14.8 Å². The number of alkyl halides is 6. The van der Waals surface area contributed by atoms with Gasteiger partial charge in [0.05, 0.1) is 19.3 Å². The van der Waals surface area contributed by atoms with Crippen molar-refractivity contribution in [3.05, 3.63) is 51.5 Å². The van der Waals surface area contributed by atoms with E-state index in [2.05, 4.69) is 25.9 Å². The van der Waals surface area contributed by atoms with Gasteiger partial charge in [-0.1, -0.05) is 0 Å². The number of nitrogens with zero attached hydrogens (tertiary/aromatic N) is 3. The number of methoxy groups -OCH3 is 1. The number of amides is 1. The van der Waals surface area contributed by atoms with Gasteiger partial charge in [-0.05, 0) is 65.4 Å². The highest BCUT2D eigenvalue weighted by atomic mass is 32.1. The number of hydrogen-bond donors (Lipinski definition) is 2. The molecule has 0 saturated heterocycles. The Balaban J connectivity index is 1.55. The number of carbonyl (C=O) groups is 1. The molecule has 5 rings (SSSR count). The third-order valence-electron chi connectivity index (χ3n) is 6.77. The minimum Gasteiger partial charge on any atom is -0.496 e. The van der Waals surface area contributed by atoms with Crippen LogP contribution in [0.5, 0.6) is 11.5 Å². The topological polar surface area (TPSA) is 102 Å². The van der Waals surface area contributed by atoms with E-state index < -0.39 is 36.6 Å². The Bertz CT molecular complexity index is 1410. The van der Waals surface area contributed by atoms with Crippen LogP contribution in [0.1, 0.15) is 59.2 Å². The molecule has 3 heterocycles. The summed E-state index contributed by atoms with van der Waals surface area (Å²) in [5.74, 6) is -0.978. The van der Waals surface area contributed by atoms with Gasteiger partial charge in [-0.25, -0.2) is 5.10 Å². The fourth-order valence-corrected chi connectivity index (χ4v) is 5.91. The maximum absolute atomic E-state index is 15.1. The van der Waals surface area contributed by atoms with E-state index in [1.165, 1.54) is 17.4 Å². The van der Waals surface area contributed by atoms with E-state index in [-0.39, 0.29) is 47.1 Å². The zero-order valence-corrected chi connectivity index (χ0v) is 21.8. The van der Waals surface area contributed by atoms with E-state index in [0.29, 0.717) is 10.8 Å². The second-order valence-electron chi connectivity index (χ2n) is 9.54. The van der Waals surface area contributed by atoms with Crippen molar-refractivity contribution in [3.63, 3.8) is 0 Å². The molecular formula is C25H23F6N5O3S. The Hall–Kier alpha value is -3.62. The van der Waals surface area contributed by atoms with Crippen molar-refractivity contribution in [2.75, 3.05) is 13.7 Å². The van der Waals surface area contributed by atoms with Gasteiger partial charge in [0.25, 0.3) is 5.91 Å². The smallest absolute Gasteiger partial charge is 0.416 e. The first kappa shape index (κ1) is 27.9. The summed E-state index contributed by atoms with van der Waals surface area (Å²) in [4.78, 5) is 15.0. The van der Waals surface area contributed by atoms with Gasteiger partial charge in [0.1, 0.15) is 11.5 Å². The summed E-state index contributed by atoms with van der Waals surface area (Å²) < 4.78 is 93.1. The van der Waals surface area contributed by atoms with E-state index in [1.54, 1.807) is 6.07 Å². The lowest BCUT2D eigenvalue weighted by Gasteiger charge is -2.41. The summed E-state index contributed by atoms with van der Waals surface area (Å²) in [6.45, 7) is -0.299. The number of nitrogens with one attached hydrogen (secondary N) is 2. The molecule has 2 aromatic heterocycles. The quantitative estimate of drug-likeness (QED) is 0.244. The van der Waals surface area contributed by atoms with Crippen molar-refractivity contribution in [2.24, 2.45) is 0 Å². The number of carbonyl (C=O) groups excluding carboxylic acids is 1. The van der Waals surface area contributed by atoms with E-state index in [9.17, 15) is 18.0 Å². The molecule has 1 saturated carbocycles. The number of hydrogen-bond acceptors (Lipinski definition) is 7. The lowest BCUT2D eigenvalue weighted by molar-refractivity contribution is -0.201. The molecule has 1 fully saturated rings. The Morgan fingerprint density at radius 2 is 1.90 bits per heavy atom. The van der Waals surface area contributed by atoms with Crippen LogP contribution in [0.3, 0.4) is 0 Å². The standard InChI is InChI=1S/C25H23F6N5O3S/c1-38-17-11-14(39-10-2-9-24(26,27)28)5-6-16(17)23(25(29,30)31)12-15(19-8-7-18(40-19)13-3-4-13)20(22(37)32-23)21-33-35-36-34-21/h5-8,11,13H,2-4,9-10,12H2,1H3,(H,32,37)(H,33,34,35,36)/t23-/m0/s1. The molecule has 0 radical (unpaired) electrons. The second kappa shape index (κ2) is 10.4. The van der Waals surface area contributed by atoms with Crippen LogP contribution in [-0.2, 0) is 10.3 Å². The molecule has 0 bridgehead atoms. The fraction of sp³-hybridized carbons (Fsp3) is 0.440. The lowest BCUT2D eigenvalue weighted by atomic mass is 9.77. The minimum absolute atomic E-state index is 0.0266. The molecule has 15 heteroatoms. The van der Waals surface area contributed by atoms with Crippen molar-refractivity contribution < 1.29 is 40.6 Å². The summed E-state index contributed by atoms with van der Waals surface area (Å²) in [5, 5.41) is 15.4. The van der Waals surface area contributed by atoms with Crippen LogP contribution < -0.4 is 14.8 Å². The average molecular weight is 588 g/mol. The largest absolute Gasteiger partial charge is 0.496 e. The number of thiophene rings is 1. The van der Waals surface area contributed by atoms with Crippen molar-refractivity contribution in [2.45, 2.75) is 55.9 Å². The highest BCUT2D eigenvalue weighted by molar-refractivity contribution is 7.13. The highest BCUT2D eigenvalue weighted by Crippen LogP contribution is 2.53. The minimum atomic E-state index is -4.99. The maximum atomic E-state index is 15.1. The third-order valence-corrected chi connectivity index (χ3v) is 8.08. The third kappa shape index (κ3) is 5.51. The monoisotopic (exact) mass is 587 g/mol. The van der Waals surface area contributed by atoms with Crippen molar-refractivity contribution in [1.82, 2.24) is 25.9 Å². The summed E-state index contributed by atoms with van der Waals surface area (Å²) in [5.41, 5.74) is -3.27. The number of tetrazole rings is 1. The molecule has 40 heavy (non-hydrogen) atoms. The summed E-state index contributed by atoms with van der Waals surface area (Å²) in [6.07, 6.45) is -9.43. The number of halogens is 6. The summed E-state index contributed by atoms with van der Waals surface area (Å²) in [6, 6.07) is 7.04. The molecule has 0 spiro atoms. The zero-order chi connectivity index (χ0) is 28.7. The SMILES string of the molecule is COc1cc(OCCCC(F)(F)F)ccc1[C@]1(C(F)(F)F)CC(c2ccc(C3CC3)s2)=C(c2nnn[nH]2)C(=O)N1. The summed E-state index contributed by atoms with van der Waals surface area (Å²) >= 11 is 1.33. The normalized spacial score (nSPS) is 20.0. The lowest BCUT2D eigenvalue weighted by Crippen LogP contribution is -2.58. The molecule has 214 valence electrons. The molecule has 1 aromatic carbocycles. The van der Waals surface area contributed by atoms with Gasteiger partial charge in [0.2, 0.25) is 0 Å². The Kier molecular flexibility index (Phi) is 7.27. The van der Waals surface area contributed by atoms with Crippen molar-refractivity contribution >= 4 is 28.4 Å². The van der Waals surface area contributed by atoms with E-state index in [1.807, 2.05) is 6.07 Å². The van der Waals surface area contributed by atoms with Gasteiger partial charge >= 0.3 is 12.4 Å². The predicted molar refractivity (Wildman–Crippen MR) is 132 cm³/mol. The van der Waals surface area contributed by atoms with Crippen molar-refractivity contribution in [1.29, 1.82) is 0 Å². The van der Waals surface area contributed by atoms with Crippen LogP contribution in [-0.4, -0.2) is 52.6 Å². The van der Waals surface area contributed by atoms with Crippen LogP contribution >= 0.6 is 11.3 Å². The molecule has 3 aromatic rings. The predicted octanol–water partition coefficient (Wildman–Crippen LogP) is 5.76. The number of aromatic amines is 1. The van der Waals surface area contributed by atoms with E-state index >= 15 is 13.2 Å². The summed E-state index contributed by atoms with van der Waals surface area (Å²) in [7, 11) is 1.16. The van der Waals surface area contributed by atoms with Gasteiger partial charge in [0.15, 0.2) is 11.4 Å². The zero-order valence-electron chi connectivity index (χ0n) is 20.9. The van der Waals surface area contributed by atoms with Gasteiger partial charge in [0, 0.05) is 34.2 Å². The number of aromatic nitrogens is 4. The molecule has 1 atom stereocenters. The second-order valence-corrected chi connectivity index (χ2v) is 10.7. The molecule has 2 N–H and O–H groups in total. The van der Waals surface area contributed by atoms with E-state index in [4.69, 9.17) is 9.47 Å².